The Morgan fingerprint density at radius 3 is 0.962 bits per heavy atom. The van der Waals surface area contributed by atoms with Gasteiger partial charge in [-0.2, -0.15) is 0 Å². The second kappa shape index (κ2) is 17.0. The van der Waals surface area contributed by atoms with Crippen LogP contribution in [0.5, 0.6) is 0 Å². The van der Waals surface area contributed by atoms with E-state index in [4.69, 9.17) is 13.6 Å². The van der Waals surface area contributed by atoms with Crippen molar-refractivity contribution in [2.24, 2.45) is 0 Å². The van der Waals surface area contributed by atoms with Crippen LogP contribution in [0.2, 0.25) is 0 Å². The Labute approximate surface area is 230 Å². The van der Waals surface area contributed by atoms with Gasteiger partial charge in [0.25, 0.3) is 0 Å². The Morgan fingerprint density at radius 2 is 0.769 bits per heavy atom. The monoisotopic (exact) mass is 967 g/mol. The molecular weight excluding hydrogens is 958 g/mol. The first-order valence-electron chi connectivity index (χ1n) is 7.16. The number of phosphoric acid groups is 1. The van der Waals surface area contributed by atoms with Gasteiger partial charge in [-0.1, -0.05) is 143 Å². The first-order valence-corrected chi connectivity index (χ1v) is 17.5. The number of rotatable bonds is 15. The maximum absolute atomic E-state index is 13.0. The number of phosphoric ester groups is 1. The van der Waals surface area contributed by atoms with Crippen LogP contribution in [0, 0.1) is 0 Å². The smallest absolute Gasteiger partial charge is 0.286 e. The molecule has 14 heteroatoms. The molecule has 0 amide bonds. The van der Waals surface area contributed by atoms with Crippen LogP contribution in [0.4, 0.5) is 0 Å². The molecule has 4 nitrogen and oxygen atoms in total. The fraction of sp³-hybridized carbons (Fsp3) is 1.00. The highest BCUT2D eigenvalue weighted by molar-refractivity contribution is 9.14. The Balaban J connectivity index is 4.86. The standard InChI is InChI=1S/C12H18Br9O4P/c13-1-7(16)10(19)4-23-26(22,24-5-11(20)8(17)2-14)25-6-12(21)9(18)3-15/h7-12H,1-6H2. The topological polar surface area (TPSA) is 44.8 Å². The fourth-order valence-electron chi connectivity index (χ4n) is 1.20. The summed E-state index contributed by atoms with van der Waals surface area (Å²) >= 11 is 31.2. The second-order valence-electron chi connectivity index (χ2n) is 4.89. The molecule has 0 spiro atoms. The summed E-state index contributed by atoms with van der Waals surface area (Å²) < 4.78 is 29.7. The molecule has 0 bridgehead atoms. The first kappa shape index (κ1) is 30.4. The molecule has 6 atom stereocenters. The highest BCUT2D eigenvalue weighted by Crippen LogP contribution is 2.51. The number of alkyl halides is 9. The van der Waals surface area contributed by atoms with Crippen molar-refractivity contribution < 1.29 is 18.1 Å². The Bertz CT molecular complexity index is 365. The zero-order chi connectivity index (χ0) is 20.3. The van der Waals surface area contributed by atoms with Gasteiger partial charge in [0.1, 0.15) is 0 Å². The van der Waals surface area contributed by atoms with E-state index in [1.165, 1.54) is 0 Å². The predicted molar refractivity (Wildman–Crippen MR) is 143 cm³/mol. The first-order chi connectivity index (χ1) is 12.1. The maximum Gasteiger partial charge on any atom is 0.474 e. The van der Waals surface area contributed by atoms with Gasteiger partial charge in [0.2, 0.25) is 0 Å². The molecule has 0 saturated carbocycles. The second-order valence-corrected chi connectivity index (χ2v) is 15.6. The van der Waals surface area contributed by atoms with Crippen LogP contribution in [0.1, 0.15) is 0 Å². The Kier molecular flexibility index (Phi) is 19.9. The van der Waals surface area contributed by atoms with Gasteiger partial charge in [0.05, 0.1) is 34.3 Å². The SMILES string of the molecule is O=P(OCC(Br)C(Br)CBr)(OCC(Br)C(Br)CBr)OCC(Br)C(Br)CBr. The predicted octanol–water partition coefficient (Wildman–Crippen LogP) is 7.91. The summed E-state index contributed by atoms with van der Waals surface area (Å²) in [7, 11) is -3.73. The number of hydrogen-bond acceptors (Lipinski definition) is 4. The van der Waals surface area contributed by atoms with Crippen molar-refractivity contribution in [2.75, 3.05) is 35.8 Å². The molecule has 0 aliphatic rings. The van der Waals surface area contributed by atoms with Crippen LogP contribution in [0.15, 0.2) is 0 Å². The summed E-state index contributed by atoms with van der Waals surface area (Å²) in [5.74, 6) is 0. The zero-order valence-electron chi connectivity index (χ0n) is 13.2. The number of halogens is 9. The van der Waals surface area contributed by atoms with E-state index in [-0.39, 0.29) is 48.8 Å². The summed E-state index contributed by atoms with van der Waals surface area (Å²) in [6, 6.07) is 0. The third kappa shape index (κ3) is 13.1. The lowest BCUT2D eigenvalue weighted by molar-refractivity contribution is 0.115. The Hall–Kier alpha value is 4.43. The molecule has 0 radical (unpaired) electrons. The van der Waals surface area contributed by atoms with E-state index in [0.29, 0.717) is 0 Å². The van der Waals surface area contributed by atoms with Gasteiger partial charge in [-0.3, -0.25) is 13.6 Å². The summed E-state index contributed by atoms with van der Waals surface area (Å²) in [5, 5.41) is 2.16. The van der Waals surface area contributed by atoms with E-state index in [9.17, 15) is 4.57 Å². The summed E-state index contributed by atoms with van der Waals surface area (Å²) in [6.45, 7) is 0.515. The van der Waals surface area contributed by atoms with Crippen LogP contribution in [-0.2, 0) is 18.1 Å². The van der Waals surface area contributed by atoms with E-state index in [1.807, 2.05) is 0 Å². The molecule has 0 aliphatic heterocycles. The van der Waals surface area contributed by atoms with E-state index in [1.54, 1.807) is 0 Å². The lowest BCUT2D eigenvalue weighted by atomic mass is 10.4. The molecule has 0 rings (SSSR count). The van der Waals surface area contributed by atoms with Gasteiger partial charge in [-0.05, 0) is 0 Å². The fourth-order valence-corrected chi connectivity index (χ4v) is 7.34. The summed E-state index contributed by atoms with van der Waals surface area (Å²) in [4.78, 5) is 0.179. The van der Waals surface area contributed by atoms with Crippen molar-refractivity contribution in [3.63, 3.8) is 0 Å². The normalized spacial score (nSPS) is 21.4. The van der Waals surface area contributed by atoms with Crippen LogP contribution < -0.4 is 0 Å². The molecule has 0 aromatic rings. The summed E-state index contributed by atoms with van der Waals surface area (Å²) in [5.41, 5.74) is 0. The lowest BCUT2D eigenvalue weighted by Crippen LogP contribution is -2.25. The van der Waals surface area contributed by atoms with Crippen molar-refractivity contribution in [1.29, 1.82) is 0 Å². The maximum atomic E-state index is 13.0. The third-order valence-corrected chi connectivity index (χ3v) is 16.6. The average molecular weight is 976 g/mol. The summed E-state index contributed by atoms with van der Waals surface area (Å²) in [6.07, 6.45) is 0. The zero-order valence-corrected chi connectivity index (χ0v) is 28.4. The van der Waals surface area contributed by atoms with Crippen molar-refractivity contribution >= 4 is 151 Å². The van der Waals surface area contributed by atoms with Crippen molar-refractivity contribution in [3.05, 3.63) is 0 Å². The molecule has 0 saturated heterocycles. The molecule has 0 aromatic heterocycles. The highest BCUT2D eigenvalue weighted by Gasteiger charge is 2.32. The van der Waals surface area contributed by atoms with Crippen LogP contribution in [0.3, 0.4) is 0 Å². The Morgan fingerprint density at radius 1 is 0.538 bits per heavy atom. The van der Waals surface area contributed by atoms with E-state index in [2.05, 4.69) is 143 Å². The van der Waals surface area contributed by atoms with Crippen molar-refractivity contribution in [1.82, 2.24) is 0 Å². The van der Waals surface area contributed by atoms with Gasteiger partial charge in [0, 0.05) is 30.5 Å². The molecule has 0 aromatic carbocycles. The van der Waals surface area contributed by atoms with Gasteiger partial charge in [0.15, 0.2) is 0 Å². The molecule has 26 heavy (non-hydrogen) atoms. The largest absolute Gasteiger partial charge is 0.474 e. The van der Waals surface area contributed by atoms with Gasteiger partial charge >= 0.3 is 7.82 Å². The number of hydrogen-bond donors (Lipinski definition) is 0. The molecule has 6 unspecified atom stereocenters. The van der Waals surface area contributed by atoms with Crippen LogP contribution in [0.25, 0.3) is 0 Å². The minimum atomic E-state index is -3.73. The van der Waals surface area contributed by atoms with Crippen molar-refractivity contribution in [2.45, 2.75) is 29.0 Å². The van der Waals surface area contributed by atoms with E-state index < -0.39 is 7.82 Å². The average Bonchev–Trinajstić information content (AvgIpc) is 2.66. The molecule has 0 N–H and O–H groups in total. The van der Waals surface area contributed by atoms with E-state index >= 15 is 0 Å². The highest BCUT2D eigenvalue weighted by atomic mass is 79.9. The molecule has 0 fully saturated rings. The lowest BCUT2D eigenvalue weighted by Gasteiger charge is -2.24. The quantitative estimate of drug-likeness (QED) is 0.124. The van der Waals surface area contributed by atoms with Crippen LogP contribution in [-0.4, -0.2) is 64.8 Å². The van der Waals surface area contributed by atoms with Crippen LogP contribution >= 0.6 is 151 Å². The molecule has 0 aliphatic carbocycles. The van der Waals surface area contributed by atoms with Gasteiger partial charge in [-0.15, -0.1) is 0 Å². The minimum absolute atomic E-state index is 0.0557. The third-order valence-electron chi connectivity index (χ3n) is 2.80. The van der Waals surface area contributed by atoms with Gasteiger partial charge in [-0.25, -0.2) is 4.57 Å². The minimum Gasteiger partial charge on any atom is -0.286 e. The van der Waals surface area contributed by atoms with Gasteiger partial charge < -0.3 is 0 Å². The molecule has 158 valence electrons. The molecular formula is C12H18Br9O4P. The van der Waals surface area contributed by atoms with Crippen molar-refractivity contribution in [3.8, 4) is 0 Å². The molecule has 0 heterocycles. The van der Waals surface area contributed by atoms with E-state index in [0.717, 1.165) is 16.0 Å².